The number of sulfonamides is 1. The molecule has 5 nitrogen and oxygen atoms in total. The first-order chi connectivity index (χ1) is 7.94. The van der Waals surface area contributed by atoms with Crippen LogP contribution < -0.4 is 10.5 Å². The first-order valence-electron chi connectivity index (χ1n) is 5.94. The van der Waals surface area contributed by atoms with Crippen LogP contribution in [0.2, 0.25) is 0 Å². The number of nitrogens with two attached hydrogens (primary N) is 1. The van der Waals surface area contributed by atoms with Crippen LogP contribution in [-0.4, -0.2) is 25.6 Å². The molecule has 17 heavy (non-hydrogen) atoms. The lowest BCUT2D eigenvalue weighted by atomic mass is 10.1. The van der Waals surface area contributed by atoms with Crippen molar-refractivity contribution in [3.63, 3.8) is 0 Å². The Morgan fingerprint density at radius 3 is 2.88 bits per heavy atom. The molecule has 0 spiro atoms. The van der Waals surface area contributed by atoms with E-state index in [4.69, 9.17) is 5.73 Å². The average molecular weight is 258 g/mol. The number of carbonyl (C=O) groups is 1. The molecule has 0 aromatic carbocycles. The fourth-order valence-corrected chi connectivity index (χ4v) is 3.24. The van der Waals surface area contributed by atoms with Crippen LogP contribution in [-0.2, 0) is 14.8 Å². The molecule has 0 bridgehead atoms. The standard InChI is InChI=1S/C11H18N2O3S/c12-11-8-9(11)6-4-2-1-3-5-7-17(15,16)13-10(11)14/h4,6,9H,1-3,5,7-8,12H2,(H,13,14)/b6-4-/t9?,11-/m1/s1. The zero-order chi connectivity index (χ0) is 12.5. The Morgan fingerprint density at radius 1 is 1.35 bits per heavy atom. The minimum atomic E-state index is -3.51. The molecular weight excluding hydrogens is 240 g/mol. The fourth-order valence-electron chi connectivity index (χ4n) is 2.08. The Labute approximate surface area is 101 Å². The van der Waals surface area contributed by atoms with Gasteiger partial charge in [-0.1, -0.05) is 18.6 Å². The van der Waals surface area contributed by atoms with Gasteiger partial charge in [0.1, 0.15) is 5.54 Å². The van der Waals surface area contributed by atoms with Crippen molar-refractivity contribution >= 4 is 15.9 Å². The molecule has 1 heterocycles. The summed E-state index contributed by atoms with van der Waals surface area (Å²) in [5.41, 5.74) is 4.86. The summed E-state index contributed by atoms with van der Waals surface area (Å²) in [5, 5.41) is 0. The number of allylic oxidation sites excluding steroid dienone is 1. The maximum Gasteiger partial charge on any atom is 0.254 e. The third-order valence-electron chi connectivity index (χ3n) is 3.38. The van der Waals surface area contributed by atoms with Crippen molar-refractivity contribution in [2.24, 2.45) is 11.7 Å². The van der Waals surface area contributed by atoms with Gasteiger partial charge in [0.25, 0.3) is 5.91 Å². The number of hydrogen-bond acceptors (Lipinski definition) is 4. The van der Waals surface area contributed by atoms with Gasteiger partial charge in [0.05, 0.1) is 5.75 Å². The fraction of sp³-hybridized carbons (Fsp3) is 0.727. The van der Waals surface area contributed by atoms with E-state index in [1.807, 2.05) is 12.2 Å². The predicted octanol–water partition coefficient (Wildman–Crippen LogP) is 0.280. The number of fused-ring (bicyclic) bond motifs is 1. The molecule has 3 N–H and O–H groups in total. The lowest BCUT2D eigenvalue weighted by Gasteiger charge is -2.12. The Hall–Kier alpha value is -0.880. The van der Waals surface area contributed by atoms with Crippen LogP contribution in [0, 0.1) is 5.92 Å². The van der Waals surface area contributed by atoms with E-state index in [-0.39, 0.29) is 11.7 Å². The second kappa shape index (κ2) is 4.42. The monoisotopic (exact) mass is 258 g/mol. The molecule has 1 aliphatic heterocycles. The van der Waals surface area contributed by atoms with Crippen molar-refractivity contribution in [1.29, 1.82) is 0 Å². The summed E-state index contributed by atoms with van der Waals surface area (Å²) in [6.07, 6.45) is 7.86. The van der Waals surface area contributed by atoms with Gasteiger partial charge >= 0.3 is 0 Å². The predicted molar refractivity (Wildman–Crippen MR) is 64.6 cm³/mol. The molecular formula is C11H18N2O3S. The van der Waals surface area contributed by atoms with Gasteiger partial charge in [0.2, 0.25) is 10.0 Å². The molecule has 0 radical (unpaired) electrons. The molecule has 2 atom stereocenters. The van der Waals surface area contributed by atoms with E-state index in [2.05, 4.69) is 4.72 Å². The number of nitrogens with one attached hydrogen (secondary N) is 1. The molecule has 6 heteroatoms. The summed E-state index contributed by atoms with van der Waals surface area (Å²) in [7, 11) is -3.51. The summed E-state index contributed by atoms with van der Waals surface area (Å²) >= 11 is 0. The van der Waals surface area contributed by atoms with Crippen molar-refractivity contribution in [2.75, 3.05) is 5.75 Å². The van der Waals surface area contributed by atoms with E-state index in [0.29, 0.717) is 12.8 Å². The maximum atomic E-state index is 11.8. The highest BCUT2D eigenvalue weighted by Crippen LogP contribution is 2.42. The van der Waals surface area contributed by atoms with Crippen molar-refractivity contribution in [3.05, 3.63) is 12.2 Å². The number of amides is 1. The number of rotatable bonds is 0. The van der Waals surface area contributed by atoms with Gasteiger partial charge in [-0.25, -0.2) is 8.42 Å². The van der Waals surface area contributed by atoms with Crippen LogP contribution in [0.3, 0.4) is 0 Å². The highest BCUT2D eigenvalue weighted by atomic mass is 32.2. The molecule has 0 saturated heterocycles. The molecule has 1 amide bonds. The number of carbonyl (C=O) groups excluding carboxylic acids is 1. The summed E-state index contributed by atoms with van der Waals surface area (Å²) in [4.78, 5) is 11.8. The van der Waals surface area contributed by atoms with Gasteiger partial charge in [-0.2, -0.15) is 0 Å². The van der Waals surface area contributed by atoms with E-state index >= 15 is 0 Å². The van der Waals surface area contributed by atoms with Gasteiger partial charge in [0, 0.05) is 5.92 Å². The Morgan fingerprint density at radius 2 is 2.12 bits per heavy atom. The highest BCUT2D eigenvalue weighted by molar-refractivity contribution is 7.90. The lowest BCUT2D eigenvalue weighted by molar-refractivity contribution is -0.121. The summed E-state index contributed by atoms with van der Waals surface area (Å²) in [6, 6.07) is 0. The second-order valence-corrected chi connectivity index (χ2v) is 6.72. The van der Waals surface area contributed by atoms with E-state index in [0.717, 1.165) is 19.3 Å². The first-order valence-corrected chi connectivity index (χ1v) is 7.60. The summed E-state index contributed by atoms with van der Waals surface area (Å²) in [5.74, 6) is -0.576. The van der Waals surface area contributed by atoms with E-state index in [1.165, 1.54) is 0 Å². The van der Waals surface area contributed by atoms with Crippen LogP contribution in [0.5, 0.6) is 0 Å². The van der Waals surface area contributed by atoms with Gasteiger partial charge in [-0.05, 0) is 25.7 Å². The molecule has 1 fully saturated rings. The Bertz CT molecular complexity index is 444. The van der Waals surface area contributed by atoms with Crippen molar-refractivity contribution in [3.8, 4) is 0 Å². The normalized spacial score (nSPS) is 39.1. The molecule has 96 valence electrons. The van der Waals surface area contributed by atoms with Crippen molar-refractivity contribution in [1.82, 2.24) is 4.72 Å². The van der Waals surface area contributed by atoms with Gasteiger partial charge in [-0.3, -0.25) is 9.52 Å². The van der Waals surface area contributed by atoms with Crippen molar-refractivity contribution < 1.29 is 13.2 Å². The zero-order valence-corrected chi connectivity index (χ0v) is 10.5. The molecule has 1 unspecified atom stereocenters. The second-order valence-electron chi connectivity index (χ2n) is 4.88. The van der Waals surface area contributed by atoms with Crippen LogP contribution >= 0.6 is 0 Å². The van der Waals surface area contributed by atoms with E-state index in [9.17, 15) is 13.2 Å². The van der Waals surface area contributed by atoms with Gasteiger partial charge < -0.3 is 5.73 Å². The Kier molecular flexibility index (Phi) is 3.27. The topological polar surface area (TPSA) is 89.3 Å². The van der Waals surface area contributed by atoms with E-state index in [1.54, 1.807) is 0 Å². The molecule has 0 aromatic rings. The highest BCUT2D eigenvalue weighted by Gasteiger charge is 2.56. The molecule has 2 aliphatic rings. The molecule has 1 saturated carbocycles. The smallest absolute Gasteiger partial charge is 0.254 e. The third kappa shape index (κ3) is 2.87. The van der Waals surface area contributed by atoms with Crippen LogP contribution in [0.25, 0.3) is 0 Å². The van der Waals surface area contributed by atoms with Gasteiger partial charge in [0.15, 0.2) is 0 Å². The van der Waals surface area contributed by atoms with Crippen LogP contribution in [0.4, 0.5) is 0 Å². The molecule has 0 aromatic heterocycles. The minimum absolute atomic E-state index is 0.00318. The Balaban J connectivity index is 2.13. The average Bonchev–Trinajstić information content (AvgIpc) is 2.88. The quantitative estimate of drug-likeness (QED) is 0.611. The lowest BCUT2D eigenvalue weighted by Crippen LogP contribution is -2.47. The largest absolute Gasteiger partial charge is 0.317 e. The summed E-state index contributed by atoms with van der Waals surface area (Å²) in [6.45, 7) is 0. The minimum Gasteiger partial charge on any atom is -0.317 e. The third-order valence-corrected chi connectivity index (χ3v) is 4.70. The molecule has 1 aliphatic carbocycles. The summed E-state index contributed by atoms with van der Waals surface area (Å²) < 4.78 is 25.3. The zero-order valence-electron chi connectivity index (χ0n) is 9.69. The molecule has 2 rings (SSSR count). The van der Waals surface area contributed by atoms with E-state index < -0.39 is 21.5 Å². The maximum absolute atomic E-state index is 11.8. The van der Waals surface area contributed by atoms with Crippen LogP contribution in [0.1, 0.15) is 32.1 Å². The van der Waals surface area contributed by atoms with Crippen LogP contribution in [0.15, 0.2) is 12.2 Å². The SMILES string of the molecule is N[C@]12CC1/C=C\CCCCCS(=O)(=O)NC2=O. The number of hydrogen-bond donors (Lipinski definition) is 2. The van der Waals surface area contributed by atoms with Gasteiger partial charge in [-0.15, -0.1) is 0 Å². The first kappa shape index (κ1) is 12.6. The van der Waals surface area contributed by atoms with Crippen molar-refractivity contribution in [2.45, 2.75) is 37.6 Å².